The van der Waals surface area contributed by atoms with Gasteiger partial charge in [-0.15, -0.1) is 0 Å². The molecule has 0 saturated carbocycles. The van der Waals surface area contributed by atoms with Gasteiger partial charge in [0.05, 0.1) is 11.1 Å². The van der Waals surface area contributed by atoms with E-state index in [0.29, 0.717) is 6.07 Å². The molecule has 0 spiro atoms. The maximum absolute atomic E-state index is 12.5. The summed E-state index contributed by atoms with van der Waals surface area (Å²) in [5, 5.41) is 38.9. The van der Waals surface area contributed by atoms with Crippen molar-refractivity contribution < 1.29 is 43.0 Å². The fourth-order valence-corrected chi connectivity index (χ4v) is 3.12. The van der Waals surface area contributed by atoms with Gasteiger partial charge in [0.1, 0.15) is 4.90 Å². The van der Waals surface area contributed by atoms with Crippen molar-refractivity contribution in [3.05, 3.63) is 40.5 Å². The molecule has 0 unspecified atom stereocenters. The van der Waals surface area contributed by atoms with Gasteiger partial charge in [0.25, 0.3) is 10.1 Å². The van der Waals surface area contributed by atoms with Crippen LogP contribution in [0.2, 0.25) is 0 Å². The first-order valence-electron chi connectivity index (χ1n) is 6.26. The Morgan fingerprint density at radius 1 is 0.750 bits per heavy atom. The van der Waals surface area contributed by atoms with Crippen LogP contribution in [0.1, 0.15) is 31.8 Å². The molecular weight excluding hydrogens is 344 g/mol. The van der Waals surface area contributed by atoms with Gasteiger partial charge < -0.3 is 20.4 Å². The second-order valence-corrected chi connectivity index (χ2v) is 6.37. The third-order valence-corrected chi connectivity index (χ3v) is 4.48. The van der Waals surface area contributed by atoms with Crippen LogP contribution in [0.15, 0.2) is 23.1 Å². The van der Waals surface area contributed by atoms with E-state index >= 15 is 0 Å². The Hall–Kier alpha value is -3.11. The zero-order chi connectivity index (χ0) is 18.0. The molecule has 0 atom stereocenters. The molecule has 0 radical (unpaired) electrons. The number of hydrogen-bond donors (Lipinski definition) is 5. The Morgan fingerprint density at radius 3 is 1.88 bits per heavy atom. The Balaban J connectivity index is 2.44. The minimum absolute atomic E-state index is 0.350. The predicted molar refractivity (Wildman–Crippen MR) is 76.2 cm³/mol. The van der Waals surface area contributed by atoms with Gasteiger partial charge in [-0.2, -0.15) is 8.42 Å². The number of phenolic OH excluding ortho intramolecular Hbond substituents is 4. The van der Waals surface area contributed by atoms with E-state index in [1.165, 1.54) is 0 Å². The van der Waals surface area contributed by atoms with Crippen LogP contribution in [0.5, 0.6) is 23.0 Å². The summed E-state index contributed by atoms with van der Waals surface area (Å²) in [7, 11) is -5.01. The van der Waals surface area contributed by atoms with Gasteiger partial charge in [-0.25, -0.2) is 0 Å². The molecule has 2 aromatic rings. The Morgan fingerprint density at radius 2 is 1.29 bits per heavy atom. The number of phenols is 4. The highest BCUT2D eigenvalue weighted by molar-refractivity contribution is 7.86. The standard InChI is InChI=1S/C14H8O9S/c15-6-2-1-4-8(12(6)18)11(17)5-3-7(24(21,22)23)13(19)14(20)9(5)10(4)16/h1-3,15,18-20H,(H,21,22,23). The van der Waals surface area contributed by atoms with Gasteiger partial charge in [-0.3, -0.25) is 14.1 Å². The highest BCUT2D eigenvalue weighted by Gasteiger charge is 2.38. The topological polar surface area (TPSA) is 169 Å². The minimum atomic E-state index is -5.01. The molecule has 2 aromatic carbocycles. The number of aromatic hydroxyl groups is 4. The van der Waals surface area contributed by atoms with Crippen molar-refractivity contribution in [2.75, 3.05) is 0 Å². The molecule has 0 fully saturated rings. The summed E-state index contributed by atoms with van der Waals surface area (Å²) in [5.74, 6) is -6.12. The van der Waals surface area contributed by atoms with E-state index in [1.807, 2.05) is 0 Å². The summed E-state index contributed by atoms with van der Waals surface area (Å²) in [5.41, 5.74) is -2.27. The van der Waals surface area contributed by atoms with E-state index in [1.54, 1.807) is 0 Å². The van der Waals surface area contributed by atoms with Crippen molar-refractivity contribution in [3.63, 3.8) is 0 Å². The molecule has 24 heavy (non-hydrogen) atoms. The largest absolute Gasteiger partial charge is 0.504 e. The normalized spacial score (nSPS) is 13.5. The SMILES string of the molecule is O=C1c2cc(S(=O)(=O)O)c(O)c(O)c2C(=O)c2ccc(O)c(O)c21. The molecule has 1 aliphatic rings. The fraction of sp³-hybridized carbons (Fsp3) is 0. The van der Waals surface area contributed by atoms with E-state index in [2.05, 4.69) is 0 Å². The lowest BCUT2D eigenvalue weighted by molar-refractivity contribution is 0.0972. The van der Waals surface area contributed by atoms with Gasteiger partial charge in [-0.05, 0) is 18.2 Å². The molecule has 1 aliphatic carbocycles. The Kier molecular flexibility index (Phi) is 3.08. The molecule has 0 aliphatic heterocycles. The van der Waals surface area contributed by atoms with Gasteiger partial charge in [0.2, 0.25) is 0 Å². The first kappa shape index (κ1) is 15.8. The van der Waals surface area contributed by atoms with Gasteiger partial charge in [0.15, 0.2) is 34.6 Å². The lowest BCUT2D eigenvalue weighted by Gasteiger charge is -2.20. The highest BCUT2D eigenvalue weighted by atomic mass is 32.2. The molecule has 10 heteroatoms. The molecule has 0 aromatic heterocycles. The number of carbonyl (C=O) groups excluding carboxylic acids is 2. The molecule has 5 N–H and O–H groups in total. The van der Waals surface area contributed by atoms with Crippen molar-refractivity contribution in [2.45, 2.75) is 4.90 Å². The molecule has 9 nitrogen and oxygen atoms in total. The molecule has 0 saturated heterocycles. The summed E-state index contributed by atoms with van der Waals surface area (Å²) in [6.07, 6.45) is 0. The van der Waals surface area contributed by atoms with E-state index in [9.17, 15) is 38.4 Å². The van der Waals surface area contributed by atoms with E-state index in [4.69, 9.17) is 4.55 Å². The number of carbonyl (C=O) groups is 2. The van der Waals surface area contributed by atoms with Crippen molar-refractivity contribution in [3.8, 4) is 23.0 Å². The second-order valence-electron chi connectivity index (χ2n) is 4.98. The number of fused-ring (bicyclic) bond motifs is 2. The van der Waals surface area contributed by atoms with E-state index in [-0.39, 0.29) is 5.56 Å². The second kappa shape index (κ2) is 4.69. The van der Waals surface area contributed by atoms with E-state index in [0.717, 1.165) is 12.1 Å². The van der Waals surface area contributed by atoms with Crippen LogP contribution in [-0.4, -0.2) is 45.0 Å². The average Bonchev–Trinajstić information content (AvgIpc) is 2.48. The third kappa shape index (κ3) is 1.94. The first-order valence-corrected chi connectivity index (χ1v) is 7.70. The molecular formula is C14H8O9S. The van der Waals surface area contributed by atoms with E-state index < -0.39 is 66.3 Å². The van der Waals surface area contributed by atoms with Crippen molar-refractivity contribution in [1.82, 2.24) is 0 Å². The zero-order valence-electron chi connectivity index (χ0n) is 11.5. The van der Waals surface area contributed by atoms with Crippen molar-refractivity contribution in [2.24, 2.45) is 0 Å². The van der Waals surface area contributed by atoms with Crippen LogP contribution in [-0.2, 0) is 10.1 Å². The number of ketones is 2. The summed E-state index contributed by atoms with van der Waals surface area (Å²) in [6, 6.07) is 2.49. The monoisotopic (exact) mass is 352 g/mol. The quantitative estimate of drug-likeness (QED) is 0.309. The maximum Gasteiger partial charge on any atom is 0.298 e. The minimum Gasteiger partial charge on any atom is -0.504 e. The predicted octanol–water partition coefficient (Wildman–Crippen LogP) is 0.531. The van der Waals surface area contributed by atoms with Crippen LogP contribution in [0.25, 0.3) is 0 Å². The smallest absolute Gasteiger partial charge is 0.298 e. The third-order valence-electron chi connectivity index (χ3n) is 3.62. The van der Waals surface area contributed by atoms with Crippen molar-refractivity contribution >= 4 is 21.7 Å². The summed E-state index contributed by atoms with van der Waals surface area (Å²) in [6.45, 7) is 0. The molecule has 3 rings (SSSR count). The van der Waals surface area contributed by atoms with Gasteiger partial charge >= 0.3 is 0 Å². The Bertz CT molecular complexity index is 1050. The van der Waals surface area contributed by atoms with Gasteiger partial charge in [0, 0.05) is 11.1 Å². The maximum atomic E-state index is 12.5. The molecule has 0 amide bonds. The van der Waals surface area contributed by atoms with Crippen molar-refractivity contribution in [1.29, 1.82) is 0 Å². The van der Waals surface area contributed by atoms with Crippen LogP contribution >= 0.6 is 0 Å². The lowest BCUT2D eigenvalue weighted by Crippen LogP contribution is -2.22. The number of benzene rings is 2. The van der Waals surface area contributed by atoms with Crippen LogP contribution in [0.3, 0.4) is 0 Å². The summed E-state index contributed by atoms with van der Waals surface area (Å²) >= 11 is 0. The van der Waals surface area contributed by atoms with Crippen LogP contribution in [0.4, 0.5) is 0 Å². The fourth-order valence-electron chi connectivity index (χ4n) is 2.51. The number of hydrogen-bond acceptors (Lipinski definition) is 8. The lowest BCUT2D eigenvalue weighted by atomic mass is 9.82. The Labute approximate surface area is 133 Å². The highest BCUT2D eigenvalue weighted by Crippen LogP contribution is 2.45. The summed E-state index contributed by atoms with van der Waals surface area (Å²) in [4.78, 5) is 23.7. The molecule has 0 bridgehead atoms. The molecule has 0 heterocycles. The zero-order valence-corrected chi connectivity index (χ0v) is 12.3. The van der Waals surface area contributed by atoms with Gasteiger partial charge in [-0.1, -0.05) is 0 Å². The molecule has 124 valence electrons. The van der Waals surface area contributed by atoms with Crippen LogP contribution in [0, 0.1) is 0 Å². The summed E-state index contributed by atoms with van der Waals surface area (Å²) < 4.78 is 31.5. The first-order chi connectivity index (χ1) is 11.1. The number of rotatable bonds is 1. The average molecular weight is 352 g/mol. The van der Waals surface area contributed by atoms with Crippen LogP contribution < -0.4 is 0 Å².